The Balaban J connectivity index is 2.01. The molecule has 1 aromatic heterocycles. The van der Waals surface area contributed by atoms with Gasteiger partial charge in [-0.1, -0.05) is 12.1 Å². The summed E-state index contributed by atoms with van der Waals surface area (Å²) < 4.78 is 10.5. The Morgan fingerprint density at radius 3 is 2.84 bits per heavy atom. The fraction of sp³-hybridized carbons (Fsp3) is 0.0714. The average Bonchev–Trinajstić information content (AvgIpc) is 3.06. The van der Waals surface area contributed by atoms with Crippen molar-refractivity contribution in [2.45, 2.75) is 0 Å². The highest BCUT2D eigenvalue weighted by atomic mass is 32.1. The van der Waals surface area contributed by atoms with E-state index in [0.29, 0.717) is 11.5 Å². The third-order valence-electron chi connectivity index (χ3n) is 2.72. The van der Waals surface area contributed by atoms with Crippen molar-refractivity contribution >= 4 is 29.0 Å². The molecule has 0 unspecified atom stereocenters. The number of carboxylic acid groups (broad SMARTS) is 1. The first-order chi connectivity index (χ1) is 9.24. The molecule has 0 atom stereocenters. The quantitative estimate of drug-likeness (QED) is 0.874. The molecule has 1 aliphatic heterocycles. The van der Waals surface area contributed by atoms with E-state index in [9.17, 15) is 9.90 Å². The molecule has 2 heterocycles. The lowest BCUT2D eigenvalue weighted by Crippen LogP contribution is -1.97. The average molecular weight is 274 g/mol. The van der Waals surface area contributed by atoms with Crippen molar-refractivity contribution < 1.29 is 19.4 Å². The fourth-order valence-electron chi connectivity index (χ4n) is 1.84. The zero-order chi connectivity index (χ0) is 13.2. The van der Waals surface area contributed by atoms with E-state index in [1.54, 1.807) is 24.3 Å². The Kier molecular flexibility index (Phi) is 2.97. The number of ether oxygens (including phenoxy) is 2. The van der Waals surface area contributed by atoms with Crippen LogP contribution in [0.3, 0.4) is 0 Å². The molecule has 4 nitrogen and oxygen atoms in total. The summed E-state index contributed by atoms with van der Waals surface area (Å²) >= 11 is 1.40. The van der Waals surface area contributed by atoms with Gasteiger partial charge in [0.2, 0.25) is 6.79 Å². The first-order valence-electron chi connectivity index (χ1n) is 5.62. The van der Waals surface area contributed by atoms with E-state index in [2.05, 4.69) is 0 Å². The van der Waals surface area contributed by atoms with Crippen LogP contribution in [0.25, 0.3) is 11.6 Å². The molecule has 19 heavy (non-hydrogen) atoms. The van der Waals surface area contributed by atoms with Crippen LogP contribution in [0.2, 0.25) is 0 Å². The van der Waals surface area contributed by atoms with Gasteiger partial charge < -0.3 is 14.6 Å². The standard InChI is InChI=1S/C14H10O4S/c15-14(16)10(13-2-1-5-19-13)6-9-3-4-11-12(7-9)18-8-17-11/h1-7H,8H2,(H,15,16)/b10-6-. The molecule has 0 radical (unpaired) electrons. The van der Waals surface area contributed by atoms with Crippen LogP contribution in [0, 0.1) is 0 Å². The molecule has 0 saturated carbocycles. The van der Waals surface area contributed by atoms with Crippen molar-refractivity contribution in [2.24, 2.45) is 0 Å². The maximum atomic E-state index is 11.3. The number of carbonyl (C=O) groups is 1. The van der Waals surface area contributed by atoms with Gasteiger partial charge in [0.05, 0.1) is 5.57 Å². The predicted molar refractivity (Wildman–Crippen MR) is 72.4 cm³/mol. The van der Waals surface area contributed by atoms with E-state index >= 15 is 0 Å². The van der Waals surface area contributed by atoms with Gasteiger partial charge in [-0.2, -0.15) is 0 Å². The molecule has 0 amide bonds. The second-order valence-electron chi connectivity index (χ2n) is 3.95. The molecule has 5 heteroatoms. The number of rotatable bonds is 3. The van der Waals surface area contributed by atoms with Gasteiger partial charge in [0.1, 0.15) is 0 Å². The Hall–Kier alpha value is -2.27. The zero-order valence-electron chi connectivity index (χ0n) is 9.83. The summed E-state index contributed by atoms with van der Waals surface area (Å²) in [4.78, 5) is 12.0. The Morgan fingerprint density at radius 1 is 1.26 bits per heavy atom. The second kappa shape index (κ2) is 4.78. The number of hydrogen-bond donors (Lipinski definition) is 1. The summed E-state index contributed by atoms with van der Waals surface area (Å²) in [6.07, 6.45) is 1.64. The van der Waals surface area contributed by atoms with Gasteiger partial charge in [-0.05, 0) is 35.2 Å². The molecule has 0 spiro atoms. The van der Waals surface area contributed by atoms with Crippen molar-refractivity contribution in [3.63, 3.8) is 0 Å². The van der Waals surface area contributed by atoms with E-state index in [4.69, 9.17) is 9.47 Å². The predicted octanol–water partition coefficient (Wildman–Crippen LogP) is 3.10. The van der Waals surface area contributed by atoms with Crippen LogP contribution in [0.15, 0.2) is 35.7 Å². The summed E-state index contributed by atoms with van der Waals surface area (Å²) in [6, 6.07) is 8.99. The van der Waals surface area contributed by atoms with Crippen molar-refractivity contribution in [3.8, 4) is 11.5 Å². The van der Waals surface area contributed by atoms with Gasteiger partial charge >= 0.3 is 5.97 Å². The molecule has 1 aliphatic rings. The Bertz CT molecular complexity index is 643. The minimum Gasteiger partial charge on any atom is -0.478 e. The summed E-state index contributed by atoms with van der Waals surface area (Å²) in [5.41, 5.74) is 1.05. The van der Waals surface area contributed by atoms with E-state index in [0.717, 1.165) is 10.4 Å². The molecule has 3 rings (SSSR count). The van der Waals surface area contributed by atoms with Crippen LogP contribution in [0.5, 0.6) is 11.5 Å². The first kappa shape index (κ1) is 11.8. The Labute approximate surface area is 113 Å². The van der Waals surface area contributed by atoms with Gasteiger partial charge in [0.15, 0.2) is 11.5 Å². The van der Waals surface area contributed by atoms with E-state index in [1.807, 2.05) is 17.5 Å². The van der Waals surface area contributed by atoms with Gasteiger partial charge in [0, 0.05) is 4.88 Å². The highest BCUT2D eigenvalue weighted by molar-refractivity contribution is 7.11. The lowest BCUT2D eigenvalue weighted by atomic mass is 10.1. The van der Waals surface area contributed by atoms with Crippen molar-refractivity contribution in [3.05, 3.63) is 46.2 Å². The minimum atomic E-state index is -0.944. The maximum Gasteiger partial charge on any atom is 0.337 e. The van der Waals surface area contributed by atoms with Gasteiger partial charge in [-0.15, -0.1) is 11.3 Å². The molecule has 1 aromatic carbocycles. The van der Waals surface area contributed by atoms with Crippen LogP contribution in [-0.2, 0) is 4.79 Å². The molecule has 2 aromatic rings. The largest absolute Gasteiger partial charge is 0.478 e. The minimum absolute atomic E-state index is 0.208. The highest BCUT2D eigenvalue weighted by Crippen LogP contribution is 2.34. The monoisotopic (exact) mass is 274 g/mol. The molecular formula is C14H10O4S. The molecule has 0 aliphatic carbocycles. The molecule has 0 bridgehead atoms. The lowest BCUT2D eigenvalue weighted by molar-refractivity contribution is -0.130. The number of aliphatic carboxylic acids is 1. The van der Waals surface area contributed by atoms with E-state index in [-0.39, 0.29) is 12.4 Å². The summed E-state index contributed by atoms with van der Waals surface area (Å²) in [6.45, 7) is 0.208. The molecule has 96 valence electrons. The van der Waals surface area contributed by atoms with Crippen molar-refractivity contribution in [1.82, 2.24) is 0 Å². The summed E-state index contributed by atoms with van der Waals surface area (Å²) in [7, 11) is 0. The zero-order valence-corrected chi connectivity index (χ0v) is 10.6. The SMILES string of the molecule is O=C(O)/C(=C\c1ccc2c(c1)OCO2)c1cccs1. The molecule has 0 saturated heterocycles. The van der Waals surface area contributed by atoms with Crippen LogP contribution in [0.1, 0.15) is 10.4 Å². The highest BCUT2D eigenvalue weighted by Gasteiger charge is 2.15. The normalized spacial score (nSPS) is 13.6. The molecule has 1 N–H and O–H groups in total. The van der Waals surface area contributed by atoms with Crippen LogP contribution >= 0.6 is 11.3 Å². The van der Waals surface area contributed by atoms with Crippen LogP contribution in [0.4, 0.5) is 0 Å². The lowest BCUT2D eigenvalue weighted by Gasteiger charge is -2.01. The van der Waals surface area contributed by atoms with Crippen LogP contribution in [-0.4, -0.2) is 17.9 Å². The number of benzene rings is 1. The van der Waals surface area contributed by atoms with Crippen molar-refractivity contribution in [2.75, 3.05) is 6.79 Å². The van der Waals surface area contributed by atoms with E-state index in [1.165, 1.54) is 11.3 Å². The smallest absolute Gasteiger partial charge is 0.337 e. The summed E-state index contributed by atoms with van der Waals surface area (Å²) in [5.74, 6) is 0.384. The summed E-state index contributed by atoms with van der Waals surface area (Å²) in [5, 5.41) is 11.1. The van der Waals surface area contributed by atoms with Gasteiger partial charge in [-0.3, -0.25) is 0 Å². The second-order valence-corrected chi connectivity index (χ2v) is 4.90. The topological polar surface area (TPSA) is 55.8 Å². The first-order valence-corrected chi connectivity index (χ1v) is 6.50. The number of carboxylic acids is 1. The van der Waals surface area contributed by atoms with Crippen LogP contribution < -0.4 is 9.47 Å². The molecular weight excluding hydrogens is 264 g/mol. The fourth-order valence-corrected chi connectivity index (χ4v) is 2.57. The van der Waals surface area contributed by atoms with Gasteiger partial charge in [-0.25, -0.2) is 4.79 Å². The Morgan fingerprint density at radius 2 is 2.11 bits per heavy atom. The third kappa shape index (κ3) is 2.32. The number of fused-ring (bicyclic) bond motifs is 1. The van der Waals surface area contributed by atoms with Crippen molar-refractivity contribution in [1.29, 1.82) is 0 Å². The third-order valence-corrected chi connectivity index (χ3v) is 3.63. The number of thiophene rings is 1. The maximum absolute atomic E-state index is 11.3. The molecule has 0 fully saturated rings. The number of hydrogen-bond acceptors (Lipinski definition) is 4. The van der Waals surface area contributed by atoms with Gasteiger partial charge in [0.25, 0.3) is 0 Å². The van der Waals surface area contributed by atoms with E-state index < -0.39 is 5.97 Å².